The molecule has 0 aromatic heterocycles. The van der Waals surface area contributed by atoms with Gasteiger partial charge in [-0.25, -0.2) is 0 Å². The number of fused-ring (bicyclic) bond motifs is 3. The van der Waals surface area contributed by atoms with E-state index in [1.165, 1.54) is 5.56 Å². The summed E-state index contributed by atoms with van der Waals surface area (Å²) in [6.07, 6.45) is 5.21. The number of para-hydroxylation sites is 1. The smallest absolute Gasteiger partial charge is 0.227 e. The maximum Gasteiger partial charge on any atom is 0.227 e. The maximum absolute atomic E-state index is 13.3. The minimum absolute atomic E-state index is 0.00424. The Bertz CT molecular complexity index is 635. The Morgan fingerprint density at radius 3 is 2.88 bits per heavy atom. The molecule has 0 unspecified atom stereocenters. The Kier molecular flexibility index (Phi) is 4.69. The molecule has 1 aromatic rings. The first-order valence-electron chi connectivity index (χ1n) is 9.61. The highest BCUT2D eigenvalue weighted by Crippen LogP contribution is 2.47. The van der Waals surface area contributed by atoms with E-state index in [1.54, 1.807) is 7.11 Å². The van der Waals surface area contributed by atoms with Gasteiger partial charge < -0.3 is 20.7 Å². The van der Waals surface area contributed by atoms with Gasteiger partial charge in [-0.05, 0) is 30.9 Å². The Morgan fingerprint density at radius 1 is 1.28 bits per heavy atom. The summed E-state index contributed by atoms with van der Waals surface area (Å²) in [6, 6.07) is 8.82. The van der Waals surface area contributed by atoms with Crippen LogP contribution in [-0.2, 0) is 9.53 Å². The van der Waals surface area contributed by atoms with Crippen LogP contribution in [0.3, 0.4) is 0 Å². The molecular formula is C20H29N3O2. The number of methoxy groups -OCH3 is 1. The number of carbonyl (C=O) groups is 1. The summed E-state index contributed by atoms with van der Waals surface area (Å²) >= 11 is 0. The highest BCUT2D eigenvalue weighted by molar-refractivity contribution is 5.81. The van der Waals surface area contributed by atoms with Gasteiger partial charge >= 0.3 is 0 Å². The Balaban J connectivity index is 1.64. The number of anilines is 1. The predicted octanol–water partition coefficient (Wildman–Crippen LogP) is 2.53. The fourth-order valence-corrected chi connectivity index (χ4v) is 5.10. The molecule has 0 bridgehead atoms. The Morgan fingerprint density at radius 2 is 2.08 bits per heavy atom. The molecule has 5 atom stereocenters. The lowest BCUT2D eigenvalue weighted by molar-refractivity contribution is -0.138. The number of nitrogens with zero attached hydrogens (tertiary/aromatic N) is 1. The summed E-state index contributed by atoms with van der Waals surface area (Å²) in [5.74, 6) is 0.668. The molecule has 5 heteroatoms. The van der Waals surface area contributed by atoms with E-state index in [4.69, 9.17) is 10.5 Å². The zero-order valence-electron chi connectivity index (χ0n) is 15.0. The number of likely N-dealkylation sites (tertiary alicyclic amines) is 1. The van der Waals surface area contributed by atoms with Crippen molar-refractivity contribution in [1.29, 1.82) is 0 Å². The van der Waals surface area contributed by atoms with Crippen LogP contribution in [-0.4, -0.2) is 43.2 Å². The van der Waals surface area contributed by atoms with Crippen LogP contribution >= 0.6 is 0 Å². The zero-order chi connectivity index (χ0) is 17.4. The third-order valence-corrected chi connectivity index (χ3v) is 6.35. The quantitative estimate of drug-likeness (QED) is 0.885. The van der Waals surface area contributed by atoms with Crippen molar-refractivity contribution in [1.82, 2.24) is 4.90 Å². The van der Waals surface area contributed by atoms with E-state index < -0.39 is 0 Å². The summed E-state index contributed by atoms with van der Waals surface area (Å²) in [5, 5.41) is 3.63. The van der Waals surface area contributed by atoms with Crippen molar-refractivity contribution in [2.45, 2.75) is 50.2 Å². The largest absolute Gasteiger partial charge is 0.383 e. The molecule has 25 heavy (non-hydrogen) atoms. The molecule has 1 saturated heterocycles. The third-order valence-electron chi connectivity index (χ3n) is 6.35. The number of nitrogens with two attached hydrogens (primary N) is 1. The van der Waals surface area contributed by atoms with Crippen molar-refractivity contribution in [3.63, 3.8) is 0 Å². The molecule has 3 aliphatic rings. The van der Waals surface area contributed by atoms with Crippen LogP contribution in [0.25, 0.3) is 0 Å². The minimum atomic E-state index is -0.00424. The number of amides is 1. The standard InChI is InChI=1S/C20H29N3O2/c1-25-12-18-15-10-11-23(20(24)13-6-2-4-8-16(13)21)19(15)14-7-3-5-9-17(14)22-18/h3,5,7,9,13,15-16,18-19,22H,2,4,6,8,10-12,21H2,1H3/t13-,15+,16+,18-,19-/m0/s1. The van der Waals surface area contributed by atoms with Gasteiger partial charge in [-0.3, -0.25) is 4.79 Å². The van der Waals surface area contributed by atoms with E-state index in [9.17, 15) is 4.79 Å². The van der Waals surface area contributed by atoms with E-state index in [2.05, 4.69) is 28.4 Å². The molecule has 136 valence electrons. The first-order valence-corrected chi connectivity index (χ1v) is 9.61. The van der Waals surface area contributed by atoms with Crippen LogP contribution in [0.15, 0.2) is 24.3 Å². The van der Waals surface area contributed by atoms with Crippen LogP contribution in [0, 0.1) is 11.8 Å². The average molecular weight is 343 g/mol. The molecular weight excluding hydrogens is 314 g/mol. The Hall–Kier alpha value is -1.59. The van der Waals surface area contributed by atoms with Crippen LogP contribution in [0.2, 0.25) is 0 Å². The molecule has 5 nitrogen and oxygen atoms in total. The first kappa shape index (κ1) is 16.9. The molecule has 0 radical (unpaired) electrons. The molecule has 1 aromatic carbocycles. The van der Waals surface area contributed by atoms with Crippen molar-refractivity contribution in [3.05, 3.63) is 29.8 Å². The van der Waals surface area contributed by atoms with Crippen LogP contribution in [0.5, 0.6) is 0 Å². The second kappa shape index (κ2) is 6.96. The van der Waals surface area contributed by atoms with Crippen LogP contribution < -0.4 is 11.1 Å². The van der Waals surface area contributed by atoms with Crippen LogP contribution in [0.1, 0.15) is 43.7 Å². The van der Waals surface area contributed by atoms with Gasteiger partial charge in [0, 0.05) is 31.3 Å². The molecule has 4 rings (SSSR count). The molecule has 1 amide bonds. The normalized spacial score (nSPS) is 34.2. The number of ether oxygens (including phenoxy) is 1. The number of nitrogens with one attached hydrogen (secondary N) is 1. The van der Waals surface area contributed by atoms with Gasteiger partial charge in [-0.1, -0.05) is 31.0 Å². The zero-order valence-corrected chi connectivity index (χ0v) is 15.0. The lowest BCUT2D eigenvalue weighted by atomic mass is 9.81. The first-order chi connectivity index (χ1) is 12.2. The molecule has 2 heterocycles. The van der Waals surface area contributed by atoms with Crippen molar-refractivity contribution in [2.24, 2.45) is 17.6 Å². The van der Waals surface area contributed by atoms with Gasteiger partial charge in [0.2, 0.25) is 5.91 Å². The van der Waals surface area contributed by atoms with E-state index in [0.29, 0.717) is 12.5 Å². The number of rotatable bonds is 3. The lowest BCUT2D eigenvalue weighted by Gasteiger charge is -2.41. The number of hydrogen-bond donors (Lipinski definition) is 2. The van der Waals surface area contributed by atoms with E-state index in [-0.39, 0.29) is 30.0 Å². The van der Waals surface area contributed by atoms with Crippen molar-refractivity contribution < 1.29 is 9.53 Å². The molecule has 2 aliphatic heterocycles. The lowest BCUT2D eigenvalue weighted by Crippen LogP contribution is -2.48. The van der Waals surface area contributed by atoms with E-state index >= 15 is 0 Å². The minimum Gasteiger partial charge on any atom is -0.383 e. The van der Waals surface area contributed by atoms with E-state index in [1.807, 2.05) is 6.07 Å². The van der Waals surface area contributed by atoms with Gasteiger partial charge in [0.1, 0.15) is 0 Å². The summed E-state index contributed by atoms with van der Waals surface area (Å²) < 4.78 is 5.45. The fraction of sp³-hybridized carbons (Fsp3) is 0.650. The fourth-order valence-electron chi connectivity index (χ4n) is 5.10. The second-order valence-electron chi connectivity index (χ2n) is 7.78. The highest BCUT2D eigenvalue weighted by atomic mass is 16.5. The van der Waals surface area contributed by atoms with Gasteiger partial charge in [-0.2, -0.15) is 0 Å². The van der Waals surface area contributed by atoms with Crippen LogP contribution in [0.4, 0.5) is 5.69 Å². The summed E-state index contributed by atoms with van der Waals surface area (Å²) in [5.41, 5.74) is 8.69. The topological polar surface area (TPSA) is 67.6 Å². The molecule has 1 aliphatic carbocycles. The number of carbonyl (C=O) groups excluding carboxylic acids is 1. The third kappa shape index (κ3) is 2.93. The SMILES string of the molecule is COC[C@@H]1Nc2ccccc2[C@H]2[C@@H]1CCN2C(=O)[C@H]1CCCC[C@H]1N. The summed E-state index contributed by atoms with van der Waals surface area (Å²) in [4.78, 5) is 15.5. The summed E-state index contributed by atoms with van der Waals surface area (Å²) in [6.45, 7) is 1.49. The maximum atomic E-state index is 13.3. The van der Waals surface area contributed by atoms with Gasteiger partial charge in [0.25, 0.3) is 0 Å². The van der Waals surface area contributed by atoms with Crippen molar-refractivity contribution >= 4 is 11.6 Å². The summed E-state index contributed by atoms with van der Waals surface area (Å²) in [7, 11) is 1.75. The number of hydrogen-bond acceptors (Lipinski definition) is 4. The molecule has 1 saturated carbocycles. The Labute approximate surface area is 149 Å². The van der Waals surface area contributed by atoms with Crippen molar-refractivity contribution in [3.8, 4) is 0 Å². The average Bonchev–Trinajstić information content (AvgIpc) is 3.07. The molecule has 2 fully saturated rings. The van der Waals surface area contributed by atoms with Gasteiger partial charge in [0.05, 0.1) is 24.6 Å². The second-order valence-corrected chi connectivity index (χ2v) is 7.78. The van der Waals surface area contributed by atoms with Gasteiger partial charge in [0.15, 0.2) is 0 Å². The predicted molar refractivity (Wildman–Crippen MR) is 98.2 cm³/mol. The van der Waals surface area contributed by atoms with Gasteiger partial charge in [-0.15, -0.1) is 0 Å². The van der Waals surface area contributed by atoms with E-state index in [0.717, 1.165) is 44.3 Å². The molecule has 0 spiro atoms. The highest BCUT2D eigenvalue weighted by Gasteiger charge is 2.47. The van der Waals surface area contributed by atoms with Crippen molar-refractivity contribution in [2.75, 3.05) is 25.6 Å². The number of benzene rings is 1. The molecule has 3 N–H and O–H groups in total. The monoisotopic (exact) mass is 343 g/mol.